The lowest BCUT2D eigenvalue weighted by Gasteiger charge is -2.24. The molecule has 1 aliphatic rings. The number of aromatic nitrogens is 1. The monoisotopic (exact) mass is 324 g/mol. The lowest BCUT2D eigenvalue weighted by molar-refractivity contribution is -0.132. The molecule has 1 fully saturated rings. The van der Waals surface area contributed by atoms with Crippen molar-refractivity contribution in [2.24, 2.45) is 0 Å². The molecule has 6 nitrogen and oxygen atoms in total. The summed E-state index contributed by atoms with van der Waals surface area (Å²) < 4.78 is 0. The molecule has 1 atom stereocenters. The van der Waals surface area contributed by atoms with Gasteiger partial charge in [-0.15, -0.1) is 0 Å². The number of nitrogens with one attached hydrogen (secondary N) is 2. The highest BCUT2D eigenvalue weighted by Crippen LogP contribution is 2.18. The Morgan fingerprint density at radius 1 is 1.04 bits per heavy atom. The number of benzene rings is 1. The fourth-order valence-electron chi connectivity index (χ4n) is 2.76. The van der Waals surface area contributed by atoms with Crippen molar-refractivity contribution in [3.63, 3.8) is 0 Å². The summed E-state index contributed by atoms with van der Waals surface area (Å²) >= 11 is 0. The summed E-state index contributed by atoms with van der Waals surface area (Å²) in [5.41, 5.74) is 6.77. The zero-order valence-corrected chi connectivity index (χ0v) is 13.3. The predicted octanol–water partition coefficient (Wildman–Crippen LogP) is 1.68. The second-order valence-electron chi connectivity index (χ2n) is 5.72. The van der Waals surface area contributed by atoms with Gasteiger partial charge in [0.1, 0.15) is 6.04 Å². The molecule has 6 heteroatoms. The Labute approximate surface area is 140 Å². The van der Waals surface area contributed by atoms with Gasteiger partial charge in [0.2, 0.25) is 5.91 Å². The number of hydrogen-bond acceptors (Lipinski definition) is 4. The molecule has 2 aromatic rings. The summed E-state index contributed by atoms with van der Waals surface area (Å²) in [7, 11) is 0. The quantitative estimate of drug-likeness (QED) is 0.821. The summed E-state index contributed by atoms with van der Waals surface area (Å²) in [6.07, 6.45) is 5.13. The van der Waals surface area contributed by atoms with Crippen LogP contribution >= 0.6 is 0 Å². The molecule has 1 aliphatic heterocycles. The molecular weight excluding hydrogens is 304 g/mol. The molecule has 0 aliphatic carbocycles. The first kappa shape index (κ1) is 16.1. The smallest absolute Gasteiger partial charge is 0.266 e. The SMILES string of the molecule is O=C(NNC(C(=O)N1CCCC1)c1ccccc1)c1cccnc1. The Hall–Kier alpha value is -2.73. The highest BCUT2D eigenvalue weighted by atomic mass is 16.2. The van der Waals surface area contributed by atoms with Gasteiger partial charge in [-0.3, -0.25) is 20.0 Å². The molecule has 0 bridgehead atoms. The normalized spacial score (nSPS) is 15.1. The number of likely N-dealkylation sites (tertiary alicyclic amines) is 1. The van der Waals surface area contributed by atoms with Crippen LogP contribution in [0.4, 0.5) is 0 Å². The lowest BCUT2D eigenvalue weighted by atomic mass is 10.1. The van der Waals surface area contributed by atoms with Gasteiger partial charge in [-0.2, -0.15) is 0 Å². The predicted molar refractivity (Wildman–Crippen MR) is 89.8 cm³/mol. The third kappa shape index (κ3) is 3.78. The van der Waals surface area contributed by atoms with Gasteiger partial charge in [-0.1, -0.05) is 30.3 Å². The molecule has 1 aromatic carbocycles. The third-order valence-corrected chi connectivity index (χ3v) is 4.05. The minimum atomic E-state index is -0.607. The summed E-state index contributed by atoms with van der Waals surface area (Å²) in [4.78, 5) is 30.7. The van der Waals surface area contributed by atoms with Crippen LogP contribution in [-0.2, 0) is 4.79 Å². The van der Waals surface area contributed by atoms with Gasteiger partial charge in [0, 0.05) is 25.5 Å². The summed E-state index contributed by atoms with van der Waals surface area (Å²) in [5.74, 6) is -0.344. The Kier molecular flexibility index (Phi) is 5.18. The molecule has 0 radical (unpaired) electrons. The van der Waals surface area contributed by atoms with Crippen LogP contribution in [0, 0.1) is 0 Å². The van der Waals surface area contributed by atoms with E-state index in [1.54, 1.807) is 18.3 Å². The van der Waals surface area contributed by atoms with Crippen LogP contribution in [0.15, 0.2) is 54.9 Å². The maximum Gasteiger partial charge on any atom is 0.266 e. The highest BCUT2D eigenvalue weighted by molar-refractivity contribution is 5.94. The van der Waals surface area contributed by atoms with E-state index in [-0.39, 0.29) is 11.8 Å². The summed E-state index contributed by atoms with van der Waals surface area (Å²) in [6, 6.07) is 12.2. The van der Waals surface area contributed by atoms with Gasteiger partial charge >= 0.3 is 0 Å². The van der Waals surface area contributed by atoms with Gasteiger partial charge in [-0.05, 0) is 30.5 Å². The number of nitrogens with zero attached hydrogens (tertiary/aromatic N) is 2. The summed E-state index contributed by atoms with van der Waals surface area (Å²) in [5, 5.41) is 0. The molecule has 1 saturated heterocycles. The van der Waals surface area contributed by atoms with E-state index < -0.39 is 6.04 Å². The fraction of sp³-hybridized carbons (Fsp3) is 0.278. The van der Waals surface area contributed by atoms with Crippen molar-refractivity contribution < 1.29 is 9.59 Å². The Morgan fingerprint density at radius 3 is 2.46 bits per heavy atom. The fourth-order valence-corrected chi connectivity index (χ4v) is 2.76. The van der Waals surface area contributed by atoms with E-state index in [9.17, 15) is 9.59 Å². The topological polar surface area (TPSA) is 74.3 Å². The van der Waals surface area contributed by atoms with Crippen LogP contribution in [0.3, 0.4) is 0 Å². The molecule has 2 N–H and O–H groups in total. The lowest BCUT2D eigenvalue weighted by Crippen LogP contribution is -2.47. The minimum absolute atomic E-state index is 0.0230. The van der Waals surface area contributed by atoms with Crippen molar-refractivity contribution in [3.8, 4) is 0 Å². The first-order chi connectivity index (χ1) is 11.8. The van der Waals surface area contributed by atoms with Crippen molar-refractivity contribution >= 4 is 11.8 Å². The van der Waals surface area contributed by atoms with E-state index in [1.165, 1.54) is 6.20 Å². The van der Waals surface area contributed by atoms with Crippen LogP contribution in [-0.4, -0.2) is 34.8 Å². The molecule has 2 heterocycles. The van der Waals surface area contributed by atoms with Gasteiger partial charge < -0.3 is 4.90 Å². The second-order valence-corrected chi connectivity index (χ2v) is 5.72. The standard InChI is InChI=1S/C18H20N4O2/c23-17(15-9-6-10-19-13-15)21-20-16(14-7-2-1-3-8-14)18(24)22-11-4-5-12-22/h1-3,6-10,13,16,20H,4-5,11-12H2,(H,21,23). The van der Waals surface area contributed by atoms with Crippen molar-refractivity contribution in [2.75, 3.05) is 13.1 Å². The molecule has 1 unspecified atom stereocenters. The van der Waals surface area contributed by atoms with Gasteiger partial charge in [0.15, 0.2) is 0 Å². The van der Waals surface area contributed by atoms with Crippen LogP contribution in [0.1, 0.15) is 34.8 Å². The van der Waals surface area contributed by atoms with Gasteiger partial charge in [0.25, 0.3) is 5.91 Å². The molecule has 1 aromatic heterocycles. The number of carbonyl (C=O) groups excluding carboxylic acids is 2. The zero-order valence-electron chi connectivity index (χ0n) is 13.3. The number of rotatable bonds is 5. The van der Waals surface area contributed by atoms with Crippen LogP contribution in [0.5, 0.6) is 0 Å². The van der Waals surface area contributed by atoms with Crippen LogP contribution in [0.2, 0.25) is 0 Å². The van der Waals surface area contributed by atoms with E-state index in [1.807, 2.05) is 35.2 Å². The Balaban J connectivity index is 1.72. The minimum Gasteiger partial charge on any atom is -0.341 e. The molecule has 124 valence electrons. The van der Waals surface area contributed by atoms with E-state index in [0.29, 0.717) is 5.56 Å². The van der Waals surface area contributed by atoms with Crippen molar-refractivity contribution in [2.45, 2.75) is 18.9 Å². The van der Waals surface area contributed by atoms with E-state index in [4.69, 9.17) is 0 Å². The average molecular weight is 324 g/mol. The maximum absolute atomic E-state index is 12.8. The molecule has 0 spiro atoms. The zero-order chi connectivity index (χ0) is 16.8. The molecular formula is C18H20N4O2. The van der Waals surface area contributed by atoms with Gasteiger partial charge in [0.05, 0.1) is 5.56 Å². The first-order valence-corrected chi connectivity index (χ1v) is 8.05. The average Bonchev–Trinajstić information content (AvgIpc) is 3.18. The number of hydrazine groups is 1. The van der Waals surface area contributed by atoms with Crippen molar-refractivity contribution in [3.05, 3.63) is 66.0 Å². The number of carbonyl (C=O) groups is 2. The van der Waals surface area contributed by atoms with Crippen molar-refractivity contribution in [1.82, 2.24) is 20.7 Å². The van der Waals surface area contributed by atoms with E-state index >= 15 is 0 Å². The summed E-state index contributed by atoms with van der Waals surface area (Å²) in [6.45, 7) is 1.53. The van der Waals surface area contributed by atoms with Crippen molar-refractivity contribution in [1.29, 1.82) is 0 Å². The number of amides is 2. The van der Waals surface area contributed by atoms with E-state index in [0.717, 1.165) is 31.5 Å². The largest absolute Gasteiger partial charge is 0.341 e. The molecule has 0 saturated carbocycles. The Bertz CT molecular complexity index is 685. The van der Waals surface area contributed by atoms with E-state index in [2.05, 4.69) is 15.8 Å². The van der Waals surface area contributed by atoms with Gasteiger partial charge in [-0.25, -0.2) is 5.43 Å². The third-order valence-electron chi connectivity index (χ3n) is 4.05. The Morgan fingerprint density at radius 2 is 1.79 bits per heavy atom. The van der Waals surface area contributed by atoms with Crippen LogP contribution < -0.4 is 10.9 Å². The molecule has 3 rings (SSSR count). The first-order valence-electron chi connectivity index (χ1n) is 8.05. The number of hydrogen-bond donors (Lipinski definition) is 2. The number of pyridine rings is 1. The second kappa shape index (κ2) is 7.70. The van der Waals surface area contributed by atoms with Crippen LogP contribution in [0.25, 0.3) is 0 Å². The molecule has 24 heavy (non-hydrogen) atoms. The molecule has 2 amide bonds. The highest BCUT2D eigenvalue weighted by Gasteiger charge is 2.28. The maximum atomic E-state index is 12.8.